The van der Waals surface area contributed by atoms with Crippen LogP contribution in [-0.2, 0) is 0 Å². The van der Waals surface area contributed by atoms with Gasteiger partial charge in [-0.05, 0) is 26.3 Å². The first kappa shape index (κ1) is 8.22. The van der Waals surface area contributed by atoms with Crippen molar-refractivity contribution in [3.8, 4) is 0 Å². The summed E-state index contributed by atoms with van der Waals surface area (Å²) in [5.41, 5.74) is 2.50. The average Bonchev–Trinajstić information content (AvgIpc) is 1.82. The molecule has 0 fully saturated rings. The van der Waals surface area contributed by atoms with E-state index in [1.165, 1.54) is 11.1 Å². The van der Waals surface area contributed by atoms with E-state index in [9.17, 15) is 0 Å². The number of hydrogen-bond acceptors (Lipinski definition) is 0. The van der Waals surface area contributed by atoms with E-state index < -0.39 is 0 Å². The van der Waals surface area contributed by atoms with Crippen LogP contribution >= 0.6 is 0 Å². The summed E-state index contributed by atoms with van der Waals surface area (Å²) in [5.74, 6) is 0. The van der Waals surface area contributed by atoms with E-state index in [0.717, 1.165) is 0 Å². The highest BCUT2D eigenvalue weighted by molar-refractivity contribution is 5.30. The molecule has 0 heterocycles. The zero-order valence-corrected chi connectivity index (χ0v) is 6.44. The van der Waals surface area contributed by atoms with Crippen molar-refractivity contribution in [3.63, 3.8) is 0 Å². The molecule has 0 N–H and O–H groups in total. The van der Waals surface area contributed by atoms with Gasteiger partial charge in [-0.3, -0.25) is 0 Å². The molecule has 0 amide bonds. The van der Waals surface area contributed by atoms with Crippen molar-refractivity contribution < 1.29 is 0 Å². The van der Waals surface area contributed by atoms with E-state index in [-0.39, 0.29) is 0 Å². The maximum atomic E-state index is 3.67. The van der Waals surface area contributed by atoms with Crippen molar-refractivity contribution >= 4 is 0 Å². The van der Waals surface area contributed by atoms with E-state index in [4.69, 9.17) is 0 Å². The summed E-state index contributed by atoms with van der Waals surface area (Å²) in [6, 6.07) is 0. The third kappa shape index (κ3) is 3.77. The Morgan fingerprint density at radius 3 is 2.00 bits per heavy atom. The molecule has 0 aromatic carbocycles. The summed E-state index contributed by atoms with van der Waals surface area (Å²) in [6.07, 6.45) is 6.00. The van der Waals surface area contributed by atoms with E-state index in [1.807, 2.05) is 19.1 Å². The van der Waals surface area contributed by atoms with Crippen LogP contribution < -0.4 is 0 Å². The second kappa shape index (κ2) is 4.13. The van der Waals surface area contributed by atoms with Gasteiger partial charge in [0.15, 0.2) is 0 Å². The number of hydrogen-bond donors (Lipinski definition) is 0. The highest BCUT2D eigenvalue weighted by atomic mass is 13.9. The van der Waals surface area contributed by atoms with Crippen LogP contribution in [0.1, 0.15) is 20.8 Å². The first-order chi connectivity index (χ1) is 4.20. The van der Waals surface area contributed by atoms with Gasteiger partial charge >= 0.3 is 0 Å². The molecule has 0 saturated carbocycles. The molecular formula is C9H14. The first-order valence-electron chi connectivity index (χ1n) is 3.14. The standard InChI is InChI=1S/C9H14/c1-5-9(6-2)7-8(3)4/h5-7H,1H2,2-4H3. The number of rotatable bonds is 2. The molecule has 0 saturated heterocycles. The quantitative estimate of drug-likeness (QED) is 0.494. The molecule has 50 valence electrons. The maximum Gasteiger partial charge on any atom is -0.0306 e. The van der Waals surface area contributed by atoms with Gasteiger partial charge in [-0.15, -0.1) is 0 Å². The normalized spacial score (nSPS) is 10.8. The van der Waals surface area contributed by atoms with Gasteiger partial charge in [-0.25, -0.2) is 0 Å². The Balaban J connectivity index is 4.18. The molecule has 0 atom stereocenters. The Labute approximate surface area is 57.6 Å². The smallest absolute Gasteiger partial charge is 0.0306 e. The molecule has 0 nitrogen and oxygen atoms in total. The topological polar surface area (TPSA) is 0 Å². The molecule has 0 unspecified atom stereocenters. The molecular weight excluding hydrogens is 108 g/mol. The fourth-order valence-electron chi connectivity index (χ4n) is 0.593. The van der Waals surface area contributed by atoms with Crippen molar-refractivity contribution in [1.82, 2.24) is 0 Å². The van der Waals surface area contributed by atoms with Crippen LogP contribution in [0.5, 0.6) is 0 Å². The van der Waals surface area contributed by atoms with Gasteiger partial charge in [0.1, 0.15) is 0 Å². The third-order valence-corrected chi connectivity index (χ3v) is 1.02. The molecule has 0 aliphatic carbocycles. The SMILES string of the molecule is C=CC(C=C(C)C)=CC. The molecule has 9 heavy (non-hydrogen) atoms. The van der Waals surface area contributed by atoms with Gasteiger partial charge in [-0.1, -0.05) is 30.4 Å². The molecule has 0 aromatic rings. The lowest BCUT2D eigenvalue weighted by Gasteiger charge is -1.90. The van der Waals surface area contributed by atoms with E-state index in [0.29, 0.717) is 0 Å². The van der Waals surface area contributed by atoms with Crippen molar-refractivity contribution in [2.75, 3.05) is 0 Å². The highest BCUT2D eigenvalue weighted by Gasteiger charge is 1.80. The van der Waals surface area contributed by atoms with Crippen LogP contribution in [0.3, 0.4) is 0 Å². The Morgan fingerprint density at radius 2 is 1.89 bits per heavy atom. The summed E-state index contributed by atoms with van der Waals surface area (Å²) in [5, 5.41) is 0. The fourth-order valence-corrected chi connectivity index (χ4v) is 0.593. The summed E-state index contributed by atoms with van der Waals surface area (Å²) in [4.78, 5) is 0. The van der Waals surface area contributed by atoms with E-state index >= 15 is 0 Å². The second-order valence-corrected chi connectivity index (χ2v) is 2.21. The third-order valence-electron chi connectivity index (χ3n) is 1.02. The molecule has 0 spiro atoms. The molecule has 0 bridgehead atoms. The minimum absolute atomic E-state index is 1.19. The summed E-state index contributed by atoms with van der Waals surface area (Å²) in [6.45, 7) is 9.84. The van der Waals surface area contributed by atoms with Crippen molar-refractivity contribution in [2.45, 2.75) is 20.8 Å². The average molecular weight is 122 g/mol. The van der Waals surface area contributed by atoms with Gasteiger partial charge in [0.25, 0.3) is 0 Å². The lowest BCUT2D eigenvalue weighted by atomic mass is 10.2. The molecule has 0 heteroatoms. The van der Waals surface area contributed by atoms with Crippen molar-refractivity contribution in [2.24, 2.45) is 0 Å². The first-order valence-corrected chi connectivity index (χ1v) is 3.14. The summed E-state index contributed by atoms with van der Waals surface area (Å²) >= 11 is 0. The monoisotopic (exact) mass is 122 g/mol. The zero-order chi connectivity index (χ0) is 7.28. The lowest BCUT2D eigenvalue weighted by Crippen LogP contribution is -1.69. The van der Waals surface area contributed by atoms with Crippen LogP contribution in [0.15, 0.2) is 36.0 Å². The maximum absolute atomic E-state index is 3.67. The van der Waals surface area contributed by atoms with Crippen LogP contribution in [0.25, 0.3) is 0 Å². The molecule has 0 aliphatic rings. The summed E-state index contributed by atoms with van der Waals surface area (Å²) < 4.78 is 0. The van der Waals surface area contributed by atoms with Crippen LogP contribution in [0.2, 0.25) is 0 Å². The van der Waals surface area contributed by atoms with E-state index in [2.05, 4.69) is 26.5 Å². The molecule has 0 rings (SSSR count). The molecule has 0 aromatic heterocycles. The highest BCUT2D eigenvalue weighted by Crippen LogP contribution is 2.01. The number of allylic oxidation sites excluding steroid dienone is 5. The van der Waals surface area contributed by atoms with Crippen molar-refractivity contribution in [1.29, 1.82) is 0 Å². The molecule has 0 radical (unpaired) electrons. The van der Waals surface area contributed by atoms with Crippen LogP contribution in [0.4, 0.5) is 0 Å². The predicted octanol–water partition coefficient (Wildman–Crippen LogP) is 3.08. The fraction of sp³-hybridized carbons (Fsp3) is 0.333. The van der Waals surface area contributed by atoms with Gasteiger partial charge in [0.05, 0.1) is 0 Å². The minimum atomic E-state index is 1.19. The predicted molar refractivity (Wildman–Crippen MR) is 43.4 cm³/mol. The Kier molecular flexibility index (Phi) is 3.78. The van der Waals surface area contributed by atoms with Gasteiger partial charge in [0.2, 0.25) is 0 Å². The van der Waals surface area contributed by atoms with Crippen molar-refractivity contribution in [3.05, 3.63) is 36.0 Å². The molecule has 0 aliphatic heterocycles. The van der Waals surface area contributed by atoms with E-state index in [1.54, 1.807) is 0 Å². The Bertz CT molecular complexity index is 143. The lowest BCUT2D eigenvalue weighted by molar-refractivity contribution is 1.37. The minimum Gasteiger partial charge on any atom is -0.0985 e. The van der Waals surface area contributed by atoms with Gasteiger partial charge in [0, 0.05) is 0 Å². The van der Waals surface area contributed by atoms with Crippen LogP contribution in [-0.4, -0.2) is 0 Å². The zero-order valence-electron chi connectivity index (χ0n) is 6.44. The summed E-state index contributed by atoms with van der Waals surface area (Å²) in [7, 11) is 0. The Hall–Kier alpha value is -0.780. The van der Waals surface area contributed by atoms with Crippen LogP contribution in [0, 0.1) is 0 Å². The Morgan fingerprint density at radius 1 is 1.33 bits per heavy atom. The largest absolute Gasteiger partial charge is 0.0985 e. The van der Waals surface area contributed by atoms with Gasteiger partial charge in [-0.2, -0.15) is 0 Å². The van der Waals surface area contributed by atoms with Gasteiger partial charge < -0.3 is 0 Å². The second-order valence-electron chi connectivity index (χ2n) is 2.21.